The van der Waals surface area contributed by atoms with Crippen LogP contribution in [-0.2, 0) is 11.2 Å². The zero-order valence-corrected chi connectivity index (χ0v) is 18.4. The molecule has 2 heterocycles. The average molecular weight is 421 g/mol. The summed E-state index contributed by atoms with van der Waals surface area (Å²) in [4.78, 5) is 23.2. The summed E-state index contributed by atoms with van der Waals surface area (Å²) in [6, 6.07) is 7.82. The van der Waals surface area contributed by atoms with Crippen LogP contribution in [0.15, 0.2) is 24.3 Å². The highest BCUT2D eigenvalue weighted by atomic mass is 35.5. The molecule has 7 heteroatoms. The van der Waals surface area contributed by atoms with Crippen LogP contribution in [0.3, 0.4) is 0 Å². The third-order valence-electron chi connectivity index (χ3n) is 5.18. The number of thiazole rings is 1. The number of carbonyl (C=O) groups excluding carboxylic acids is 1. The lowest BCUT2D eigenvalue weighted by Crippen LogP contribution is -2.50. The van der Waals surface area contributed by atoms with Gasteiger partial charge in [-0.2, -0.15) is 0 Å². The molecule has 0 aliphatic carbocycles. The molecule has 1 saturated heterocycles. The molecule has 152 valence electrons. The number of likely N-dealkylation sites (N-methyl/N-ethyl adjacent to an activating group) is 1. The van der Waals surface area contributed by atoms with Gasteiger partial charge in [0.05, 0.1) is 17.1 Å². The standard InChI is InChI=1S/C21H29ClN4OS/c1-4-18(14-26-11-9-25(3)10-12-26)24-20(27)13-19-21(23-15(2)28-19)16-5-7-17(22)8-6-16/h5-8,18H,4,9-14H2,1-3H3,(H,24,27)/t18-/m0/s1. The zero-order valence-electron chi connectivity index (χ0n) is 16.9. The van der Waals surface area contributed by atoms with Crippen LogP contribution in [0.1, 0.15) is 23.2 Å². The number of aromatic nitrogens is 1. The van der Waals surface area contributed by atoms with Gasteiger partial charge in [-0.15, -0.1) is 11.3 Å². The van der Waals surface area contributed by atoms with Crippen molar-refractivity contribution in [3.63, 3.8) is 0 Å². The maximum atomic E-state index is 12.7. The summed E-state index contributed by atoms with van der Waals surface area (Å²) in [6.45, 7) is 9.35. The molecule has 1 aliphatic heterocycles. The molecule has 1 aliphatic rings. The van der Waals surface area contributed by atoms with E-state index in [1.54, 1.807) is 11.3 Å². The molecule has 28 heavy (non-hydrogen) atoms. The average Bonchev–Trinajstić information content (AvgIpc) is 3.03. The van der Waals surface area contributed by atoms with Gasteiger partial charge in [0.15, 0.2) is 0 Å². The summed E-state index contributed by atoms with van der Waals surface area (Å²) in [5, 5.41) is 4.90. The van der Waals surface area contributed by atoms with E-state index in [1.807, 2.05) is 31.2 Å². The van der Waals surface area contributed by atoms with Crippen LogP contribution >= 0.6 is 22.9 Å². The number of amides is 1. The van der Waals surface area contributed by atoms with Crippen LogP contribution in [-0.4, -0.2) is 66.5 Å². The first-order valence-electron chi connectivity index (χ1n) is 9.87. The minimum absolute atomic E-state index is 0.0693. The van der Waals surface area contributed by atoms with E-state index >= 15 is 0 Å². The molecule has 1 aromatic heterocycles. The number of nitrogens with one attached hydrogen (secondary N) is 1. The van der Waals surface area contributed by atoms with E-state index < -0.39 is 0 Å². The van der Waals surface area contributed by atoms with Gasteiger partial charge in [-0.1, -0.05) is 30.7 Å². The maximum Gasteiger partial charge on any atom is 0.225 e. The van der Waals surface area contributed by atoms with E-state index in [1.165, 1.54) is 0 Å². The number of carbonyl (C=O) groups is 1. The van der Waals surface area contributed by atoms with Gasteiger partial charge in [-0.05, 0) is 32.5 Å². The molecule has 3 rings (SSSR count). The van der Waals surface area contributed by atoms with Crippen LogP contribution in [0.4, 0.5) is 0 Å². The summed E-state index contributed by atoms with van der Waals surface area (Å²) < 4.78 is 0. The van der Waals surface area contributed by atoms with Gasteiger partial charge in [0, 0.05) is 54.2 Å². The molecule has 0 saturated carbocycles. The third-order valence-corrected chi connectivity index (χ3v) is 6.40. The van der Waals surface area contributed by atoms with Crippen molar-refractivity contribution in [2.45, 2.75) is 32.7 Å². The van der Waals surface area contributed by atoms with E-state index in [9.17, 15) is 4.79 Å². The van der Waals surface area contributed by atoms with Crippen LogP contribution in [0.2, 0.25) is 5.02 Å². The Morgan fingerprint density at radius 2 is 1.93 bits per heavy atom. The van der Waals surface area contributed by atoms with Crippen LogP contribution in [0.25, 0.3) is 11.3 Å². The van der Waals surface area contributed by atoms with Crippen molar-refractivity contribution in [2.75, 3.05) is 39.8 Å². The Morgan fingerprint density at radius 1 is 1.25 bits per heavy atom. The second kappa shape index (κ2) is 9.83. The molecule has 0 bridgehead atoms. The van der Waals surface area contributed by atoms with Crippen molar-refractivity contribution < 1.29 is 4.79 Å². The Hall–Kier alpha value is -1.47. The predicted molar refractivity (Wildman–Crippen MR) is 117 cm³/mol. The van der Waals surface area contributed by atoms with Gasteiger partial charge in [0.1, 0.15) is 0 Å². The van der Waals surface area contributed by atoms with Crippen molar-refractivity contribution >= 4 is 28.8 Å². The Morgan fingerprint density at radius 3 is 2.57 bits per heavy atom. The summed E-state index contributed by atoms with van der Waals surface area (Å²) in [5.41, 5.74) is 1.89. The van der Waals surface area contributed by atoms with Crippen LogP contribution in [0, 0.1) is 6.92 Å². The molecule has 1 N–H and O–H groups in total. The summed E-state index contributed by atoms with van der Waals surface area (Å²) in [7, 11) is 2.16. The van der Waals surface area contributed by atoms with E-state index in [4.69, 9.17) is 11.6 Å². The summed E-state index contributed by atoms with van der Waals surface area (Å²) in [6.07, 6.45) is 1.30. The monoisotopic (exact) mass is 420 g/mol. The molecule has 1 amide bonds. The number of piperazine rings is 1. The highest BCUT2D eigenvalue weighted by Gasteiger charge is 2.20. The Bertz CT molecular complexity index is 784. The largest absolute Gasteiger partial charge is 0.352 e. The molecule has 0 spiro atoms. The molecule has 5 nitrogen and oxygen atoms in total. The molecule has 0 radical (unpaired) electrons. The third kappa shape index (κ3) is 5.77. The summed E-state index contributed by atoms with van der Waals surface area (Å²) >= 11 is 7.59. The van der Waals surface area contributed by atoms with Crippen molar-refractivity contribution in [1.29, 1.82) is 0 Å². The smallest absolute Gasteiger partial charge is 0.225 e. The molecule has 0 unspecified atom stereocenters. The fraction of sp³-hybridized carbons (Fsp3) is 0.524. The molecule has 1 fully saturated rings. The maximum absolute atomic E-state index is 12.7. The Labute approximate surface area is 176 Å². The molecular formula is C21H29ClN4OS. The number of halogens is 1. The van der Waals surface area contributed by atoms with E-state index in [0.717, 1.165) is 60.3 Å². The van der Waals surface area contributed by atoms with Crippen LogP contribution in [0.5, 0.6) is 0 Å². The molecular weight excluding hydrogens is 392 g/mol. The summed E-state index contributed by atoms with van der Waals surface area (Å²) in [5.74, 6) is 0.0693. The highest BCUT2D eigenvalue weighted by Crippen LogP contribution is 2.29. The lowest BCUT2D eigenvalue weighted by atomic mass is 10.1. The number of benzene rings is 1. The van der Waals surface area contributed by atoms with Gasteiger partial charge in [0.2, 0.25) is 5.91 Å². The minimum Gasteiger partial charge on any atom is -0.352 e. The fourth-order valence-corrected chi connectivity index (χ4v) is 4.55. The topological polar surface area (TPSA) is 48.5 Å². The molecule has 1 aromatic carbocycles. The van der Waals surface area contributed by atoms with Gasteiger partial charge < -0.3 is 10.2 Å². The number of nitrogens with zero attached hydrogens (tertiary/aromatic N) is 3. The quantitative estimate of drug-likeness (QED) is 0.745. The lowest BCUT2D eigenvalue weighted by molar-refractivity contribution is -0.121. The lowest BCUT2D eigenvalue weighted by Gasteiger charge is -2.34. The van der Waals surface area contributed by atoms with Gasteiger partial charge >= 0.3 is 0 Å². The van der Waals surface area contributed by atoms with Gasteiger partial charge in [0.25, 0.3) is 0 Å². The Balaban J connectivity index is 1.61. The van der Waals surface area contributed by atoms with Crippen LogP contribution < -0.4 is 5.32 Å². The Kier molecular flexibility index (Phi) is 7.46. The first-order chi connectivity index (χ1) is 13.4. The fourth-order valence-electron chi connectivity index (χ4n) is 3.47. The van der Waals surface area contributed by atoms with Crippen molar-refractivity contribution in [2.24, 2.45) is 0 Å². The van der Waals surface area contributed by atoms with E-state index in [0.29, 0.717) is 11.4 Å². The second-order valence-corrected chi connectivity index (χ2v) is 9.19. The SMILES string of the molecule is CC[C@@H](CN1CCN(C)CC1)NC(=O)Cc1sc(C)nc1-c1ccc(Cl)cc1. The zero-order chi connectivity index (χ0) is 20.1. The predicted octanol–water partition coefficient (Wildman–Crippen LogP) is 3.46. The van der Waals surface area contributed by atoms with Crippen molar-refractivity contribution in [3.05, 3.63) is 39.2 Å². The second-order valence-electron chi connectivity index (χ2n) is 7.46. The van der Waals surface area contributed by atoms with Gasteiger partial charge in [-0.25, -0.2) is 4.98 Å². The number of hydrogen-bond acceptors (Lipinski definition) is 5. The first-order valence-corrected chi connectivity index (χ1v) is 11.1. The minimum atomic E-state index is 0.0693. The number of aryl methyl sites for hydroxylation is 1. The molecule has 1 atom stereocenters. The number of hydrogen-bond donors (Lipinski definition) is 1. The normalized spacial score (nSPS) is 16.9. The first kappa shape index (κ1) is 21.2. The van der Waals surface area contributed by atoms with Crippen molar-refractivity contribution in [3.8, 4) is 11.3 Å². The highest BCUT2D eigenvalue weighted by molar-refractivity contribution is 7.12. The van der Waals surface area contributed by atoms with E-state index in [-0.39, 0.29) is 11.9 Å². The van der Waals surface area contributed by atoms with E-state index in [2.05, 4.69) is 34.1 Å². The van der Waals surface area contributed by atoms with Gasteiger partial charge in [-0.3, -0.25) is 9.69 Å². The molecule has 2 aromatic rings. The number of rotatable bonds is 7. The van der Waals surface area contributed by atoms with Crippen molar-refractivity contribution in [1.82, 2.24) is 20.1 Å².